The Morgan fingerprint density at radius 2 is 2.27 bits per heavy atom. The van der Waals surface area contributed by atoms with E-state index in [9.17, 15) is 13.6 Å². The van der Waals surface area contributed by atoms with Crippen LogP contribution >= 0.6 is 22.9 Å². The molecule has 0 radical (unpaired) electrons. The lowest BCUT2D eigenvalue weighted by molar-refractivity contribution is -0.126. The number of rotatable bonds is 4. The fraction of sp³-hybridized carbons (Fsp3) is 0.429. The second-order valence-electron chi connectivity index (χ2n) is 5.28. The van der Waals surface area contributed by atoms with Crippen LogP contribution in [0.2, 0.25) is 5.02 Å². The number of hydrogen-bond acceptors (Lipinski definition) is 4. The van der Waals surface area contributed by atoms with Crippen LogP contribution in [0.5, 0.6) is 0 Å². The molecule has 1 aliphatic rings. The second-order valence-corrected chi connectivity index (χ2v) is 6.66. The number of carbonyl (C=O) groups is 1. The third-order valence-corrected chi connectivity index (χ3v) is 5.22. The Morgan fingerprint density at radius 3 is 2.91 bits per heavy atom. The summed E-state index contributed by atoms with van der Waals surface area (Å²) >= 11 is 7.66. The van der Waals surface area contributed by atoms with Crippen LogP contribution in [0, 0.1) is 12.8 Å². The quantitative estimate of drug-likeness (QED) is 0.926. The van der Waals surface area contributed by atoms with Crippen LogP contribution < -0.4 is 10.2 Å². The van der Waals surface area contributed by atoms with Crippen molar-refractivity contribution in [1.82, 2.24) is 10.3 Å². The zero-order valence-electron chi connectivity index (χ0n) is 11.8. The summed E-state index contributed by atoms with van der Waals surface area (Å²) < 4.78 is 25.1. The van der Waals surface area contributed by atoms with E-state index >= 15 is 0 Å². The number of aryl methyl sites for hydroxylation is 1. The van der Waals surface area contributed by atoms with Gasteiger partial charge in [0.05, 0.1) is 27.7 Å². The number of carbonyl (C=O) groups excluding carboxylic acids is 1. The largest absolute Gasteiger partial charge is 0.350 e. The van der Waals surface area contributed by atoms with E-state index in [2.05, 4.69) is 10.3 Å². The maximum atomic E-state index is 12.1. The Balaban J connectivity index is 1.67. The fourth-order valence-corrected chi connectivity index (χ4v) is 3.68. The molecule has 1 amide bonds. The second kappa shape index (κ2) is 5.96. The molecule has 4 nitrogen and oxygen atoms in total. The summed E-state index contributed by atoms with van der Waals surface area (Å²) in [5.74, 6) is -0.589. The molecule has 0 saturated carbocycles. The van der Waals surface area contributed by atoms with Gasteiger partial charge in [0.1, 0.15) is 0 Å². The number of halogens is 3. The Labute approximate surface area is 135 Å². The van der Waals surface area contributed by atoms with Crippen LogP contribution in [0.1, 0.15) is 5.56 Å². The van der Waals surface area contributed by atoms with Crippen molar-refractivity contribution in [2.75, 3.05) is 24.5 Å². The van der Waals surface area contributed by atoms with Crippen molar-refractivity contribution < 1.29 is 13.6 Å². The van der Waals surface area contributed by atoms with Crippen molar-refractivity contribution in [3.63, 3.8) is 0 Å². The lowest BCUT2D eigenvalue weighted by atomic mass is 10.0. The number of hydrogen-bond donors (Lipinski definition) is 1. The van der Waals surface area contributed by atoms with E-state index in [0.717, 1.165) is 20.9 Å². The molecule has 1 saturated heterocycles. The highest BCUT2D eigenvalue weighted by atomic mass is 35.5. The lowest BCUT2D eigenvalue weighted by Gasteiger charge is -2.37. The molecular weight excluding hydrogens is 332 g/mol. The van der Waals surface area contributed by atoms with Crippen LogP contribution in [0.4, 0.5) is 13.9 Å². The molecule has 2 heterocycles. The molecule has 1 aliphatic heterocycles. The summed E-state index contributed by atoms with van der Waals surface area (Å²) in [7, 11) is 0. The zero-order valence-corrected chi connectivity index (χ0v) is 13.3. The van der Waals surface area contributed by atoms with Crippen LogP contribution in [-0.4, -0.2) is 37.0 Å². The minimum atomic E-state index is -2.52. The minimum Gasteiger partial charge on any atom is -0.350 e. The molecule has 0 unspecified atom stereocenters. The molecule has 3 rings (SSSR count). The van der Waals surface area contributed by atoms with Gasteiger partial charge in [-0.25, -0.2) is 13.8 Å². The zero-order chi connectivity index (χ0) is 15.9. The fourth-order valence-electron chi connectivity index (χ4n) is 2.35. The van der Waals surface area contributed by atoms with E-state index in [-0.39, 0.29) is 11.8 Å². The van der Waals surface area contributed by atoms with E-state index in [1.807, 2.05) is 24.0 Å². The smallest absolute Gasteiger partial charge is 0.255 e. The number of nitrogens with one attached hydrogen (secondary N) is 1. The van der Waals surface area contributed by atoms with E-state index in [1.165, 1.54) is 11.3 Å². The highest BCUT2D eigenvalue weighted by Crippen LogP contribution is 2.37. The molecule has 1 fully saturated rings. The van der Waals surface area contributed by atoms with Gasteiger partial charge in [0.25, 0.3) is 6.43 Å². The maximum Gasteiger partial charge on any atom is 0.255 e. The van der Waals surface area contributed by atoms with Crippen LogP contribution in [0.3, 0.4) is 0 Å². The van der Waals surface area contributed by atoms with E-state index in [1.54, 1.807) is 0 Å². The Hall–Kier alpha value is -1.47. The van der Waals surface area contributed by atoms with Crippen molar-refractivity contribution in [1.29, 1.82) is 0 Å². The van der Waals surface area contributed by atoms with Gasteiger partial charge in [-0.3, -0.25) is 4.79 Å². The number of amides is 1. The molecule has 8 heteroatoms. The first-order valence-corrected chi connectivity index (χ1v) is 8.01. The van der Waals surface area contributed by atoms with Gasteiger partial charge in [-0.15, -0.1) is 0 Å². The number of alkyl halides is 2. The monoisotopic (exact) mass is 345 g/mol. The third-order valence-electron chi connectivity index (χ3n) is 3.64. The summed E-state index contributed by atoms with van der Waals surface area (Å²) in [5, 5.41) is 3.72. The van der Waals surface area contributed by atoms with Gasteiger partial charge in [0, 0.05) is 13.1 Å². The van der Waals surface area contributed by atoms with Crippen LogP contribution in [-0.2, 0) is 4.79 Å². The number of thiazole rings is 1. The van der Waals surface area contributed by atoms with Gasteiger partial charge in [0.2, 0.25) is 5.91 Å². The average molecular weight is 346 g/mol. The highest BCUT2D eigenvalue weighted by molar-refractivity contribution is 7.22. The predicted molar refractivity (Wildman–Crippen MR) is 84.1 cm³/mol. The van der Waals surface area contributed by atoms with Gasteiger partial charge in [-0.2, -0.15) is 0 Å². The van der Waals surface area contributed by atoms with E-state index in [4.69, 9.17) is 11.6 Å². The normalized spacial score (nSPS) is 15.4. The number of anilines is 1. The first kappa shape index (κ1) is 15.4. The topological polar surface area (TPSA) is 45.2 Å². The van der Waals surface area contributed by atoms with Crippen molar-refractivity contribution in [2.45, 2.75) is 13.3 Å². The summed E-state index contributed by atoms with van der Waals surface area (Å²) in [6.45, 7) is 2.36. The van der Waals surface area contributed by atoms with Crippen molar-refractivity contribution in [3.05, 3.63) is 22.7 Å². The Bertz CT molecular complexity index is 676. The molecule has 0 atom stereocenters. The average Bonchev–Trinajstić information content (AvgIpc) is 2.85. The first-order valence-electron chi connectivity index (χ1n) is 6.82. The van der Waals surface area contributed by atoms with E-state index < -0.39 is 13.0 Å². The van der Waals surface area contributed by atoms with Gasteiger partial charge >= 0.3 is 0 Å². The molecule has 0 bridgehead atoms. The third kappa shape index (κ3) is 2.87. The summed E-state index contributed by atoms with van der Waals surface area (Å²) in [6, 6.07) is 3.77. The molecule has 22 heavy (non-hydrogen) atoms. The molecule has 0 spiro atoms. The predicted octanol–water partition coefficient (Wildman–Crippen LogP) is 3.08. The summed E-state index contributed by atoms with van der Waals surface area (Å²) in [5.41, 5.74) is 1.92. The number of fused-ring (bicyclic) bond motifs is 1. The van der Waals surface area contributed by atoms with Gasteiger partial charge < -0.3 is 10.2 Å². The molecule has 0 aliphatic carbocycles. The minimum absolute atomic E-state index is 0.262. The molecule has 1 aromatic heterocycles. The standard InChI is InChI=1S/C14H14ClF2N3OS/c1-7-2-3-9(15)12-11(7)19-14(22-12)20-5-8(6-20)13(21)18-4-10(16)17/h2-3,8,10H,4-6H2,1H3,(H,18,21). The van der Waals surface area contributed by atoms with Gasteiger partial charge in [-0.05, 0) is 18.6 Å². The van der Waals surface area contributed by atoms with Gasteiger partial charge in [0.15, 0.2) is 5.13 Å². The van der Waals surface area contributed by atoms with E-state index in [0.29, 0.717) is 18.1 Å². The Kier molecular flexibility index (Phi) is 4.18. The number of nitrogens with zero attached hydrogens (tertiary/aromatic N) is 2. The van der Waals surface area contributed by atoms with Gasteiger partial charge in [-0.1, -0.05) is 29.0 Å². The van der Waals surface area contributed by atoms with Crippen molar-refractivity contribution in [3.8, 4) is 0 Å². The summed E-state index contributed by atoms with van der Waals surface area (Å²) in [6.07, 6.45) is -2.52. The number of benzene rings is 1. The Morgan fingerprint density at radius 1 is 1.55 bits per heavy atom. The molecule has 1 aromatic carbocycles. The number of aromatic nitrogens is 1. The van der Waals surface area contributed by atoms with Crippen LogP contribution in [0.15, 0.2) is 12.1 Å². The van der Waals surface area contributed by atoms with Crippen molar-refractivity contribution in [2.24, 2.45) is 5.92 Å². The SMILES string of the molecule is Cc1ccc(Cl)c2sc(N3CC(C(=O)NCC(F)F)C3)nc12. The first-order chi connectivity index (χ1) is 10.5. The van der Waals surface area contributed by atoms with Crippen LogP contribution in [0.25, 0.3) is 10.2 Å². The molecule has 1 N–H and O–H groups in total. The molecular formula is C14H14ClF2N3OS. The highest BCUT2D eigenvalue weighted by Gasteiger charge is 2.34. The lowest BCUT2D eigenvalue weighted by Crippen LogP contribution is -2.54. The maximum absolute atomic E-state index is 12.1. The molecule has 118 valence electrons. The summed E-state index contributed by atoms with van der Waals surface area (Å²) in [4.78, 5) is 18.2. The van der Waals surface area contributed by atoms with Crippen molar-refractivity contribution >= 4 is 44.2 Å². The molecule has 2 aromatic rings.